The van der Waals surface area contributed by atoms with Crippen LogP contribution in [0.3, 0.4) is 0 Å². The van der Waals surface area contributed by atoms with E-state index in [1.807, 2.05) is 53.2 Å². The molecule has 1 aromatic heterocycles. The molecular formula is C25H28N4O2. The number of nitrogens with one attached hydrogen (secondary N) is 1. The maximum Gasteiger partial charge on any atom is 0.276 e. The predicted molar refractivity (Wildman–Crippen MR) is 122 cm³/mol. The van der Waals surface area contributed by atoms with Crippen molar-refractivity contribution >= 4 is 17.3 Å². The zero-order chi connectivity index (χ0) is 21.0. The van der Waals surface area contributed by atoms with E-state index in [-0.39, 0.29) is 5.91 Å². The molecule has 160 valence electrons. The summed E-state index contributed by atoms with van der Waals surface area (Å²) in [4.78, 5) is 15.7. The van der Waals surface area contributed by atoms with E-state index in [1.165, 1.54) is 12.1 Å². The lowest BCUT2D eigenvalue weighted by molar-refractivity contribution is 0.102. The molecule has 2 aliphatic rings. The Hall–Kier alpha value is -3.12. The fraction of sp³-hybridized carbons (Fsp3) is 0.360. The van der Waals surface area contributed by atoms with Crippen LogP contribution in [0, 0.1) is 0 Å². The van der Waals surface area contributed by atoms with Gasteiger partial charge in [-0.05, 0) is 49.9 Å². The van der Waals surface area contributed by atoms with E-state index in [9.17, 15) is 4.79 Å². The third-order valence-electron chi connectivity index (χ3n) is 6.15. The molecule has 6 nitrogen and oxygen atoms in total. The number of ether oxygens (including phenoxy) is 1. The van der Waals surface area contributed by atoms with Gasteiger partial charge >= 0.3 is 0 Å². The SMILES string of the molecule is O=C(Nc1ccccc1N1CCOCC1)c1nn(-c2ccccc2)c2c1CCCCC2. The number of para-hydroxylation sites is 3. The van der Waals surface area contributed by atoms with Crippen molar-refractivity contribution < 1.29 is 9.53 Å². The average Bonchev–Trinajstić information content (AvgIpc) is 3.01. The first-order valence-corrected chi connectivity index (χ1v) is 11.2. The highest BCUT2D eigenvalue weighted by atomic mass is 16.5. The second-order valence-corrected chi connectivity index (χ2v) is 8.15. The molecular weight excluding hydrogens is 388 g/mol. The van der Waals surface area contributed by atoms with E-state index in [4.69, 9.17) is 9.84 Å². The average molecular weight is 417 g/mol. The van der Waals surface area contributed by atoms with Gasteiger partial charge in [0.15, 0.2) is 5.69 Å². The van der Waals surface area contributed by atoms with Gasteiger partial charge in [0.1, 0.15) is 0 Å². The van der Waals surface area contributed by atoms with Gasteiger partial charge in [0.2, 0.25) is 0 Å². The number of hydrogen-bond donors (Lipinski definition) is 1. The normalized spacial score (nSPS) is 16.5. The molecule has 1 fully saturated rings. The molecule has 0 bridgehead atoms. The maximum absolute atomic E-state index is 13.4. The van der Waals surface area contributed by atoms with E-state index >= 15 is 0 Å². The maximum atomic E-state index is 13.4. The fourth-order valence-corrected chi connectivity index (χ4v) is 4.58. The summed E-state index contributed by atoms with van der Waals surface area (Å²) in [5.74, 6) is -0.131. The van der Waals surface area contributed by atoms with E-state index < -0.39 is 0 Å². The Balaban J connectivity index is 1.49. The van der Waals surface area contributed by atoms with E-state index in [1.54, 1.807) is 0 Å². The van der Waals surface area contributed by atoms with Crippen molar-refractivity contribution in [3.8, 4) is 5.69 Å². The van der Waals surface area contributed by atoms with Gasteiger partial charge in [0, 0.05) is 24.3 Å². The third kappa shape index (κ3) is 4.08. The van der Waals surface area contributed by atoms with Gasteiger partial charge in [-0.2, -0.15) is 5.10 Å². The molecule has 3 aromatic rings. The molecule has 1 aliphatic heterocycles. The minimum Gasteiger partial charge on any atom is -0.378 e. The van der Waals surface area contributed by atoms with Gasteiger partial charge in [0.25, 0.3) is 5.91 Å². The third-order valence-corrected chi connectivity index (χ3v) is 6.15. The van der Waals surface area contributed by atoms with Crippen molar-refractivity contribution in [1.82, 2.24) is 9.78 Å². The summed E-state index contributed by atoms with van der Waals surface area (Å²) < 4.78 is 7.46. The molecule has 0 atom stereocenters. The van der Waals surface area contributed by atoms with Crippen LogP contribution in [-0.2, 0) is 17.6 Å². The molecule has 0 spiro atoms. The summed E-state index contributed by atoms with van der Waals surface area (Å²) in [6, 6.07) is 18.1. The molecule has 0 unspecified atom stereocenters. The van der Waals surface area contributed by atoms with Gasteiger partial charge in [-0.15, -0.1) is 0 Å². The van der Waals surface area contributed by atoms with Crippen LogP contribution in [0.15, 0.2) is 54.6 Å². The van der Waals surface area contributed by atoms with Crippen LogP contribution in [0.1, 0.15) is 41.0 Å². The van der Waals surface area contributed by atoms with Gasteiger partial charge in [-0.1, -0.05) is 36.8 Å². The fourth-order valence-electron chi connectivity index (χ4n) is 4.58. The monoisotopic (exact) mass is 416 g/mol. The predicted octanol–water partition coefficient (Wildman–Crippen LogP) is 4.23. The van der Waals surface area contributed by atoms with Gasteiger partial charge < -0.3 is 15.0 Å². The van der Waals surface area contributed by atoms with Gasteiger partial charge in [0.05, 0.1) is 30.3 Å². The first-order valence-electron chi connectivity index (χ1n) is 11.2. The summed E-state index contributed by atoms with van der Waals surface area (Å²) in [7, 11) is 0. The topological polar surface area (TPSA) is 59.4 Å². The molecule has 1 amide bonds. The highest BCUT2D eigenvalue weighted by Crippen LogP contribution is 2.30. The minimum atomic E-state index is -0.131. The summed E-state index contributed by atoms with van der Waals surface area (Å²) in [6.45, 7) is 3.06. The number of fused-ring (bicyclic) bond motifs is 1. The largest absolute Gasteiger partial charge is 0.378 e. The molecule has 5 rings (SSSR count). The second-order valence-electron chi connectivity index (χ2n) is 8.15. The van der Waals surface area contributed by atoms with Gasteiger partial charge in [-0.3, -0.25) is 4.79 Å². The number of rotatable bonds is 4. The van der Waals surface area contributed by atoms with Crippen molar-refractivity contribution in [2.75, 3.05) is 36.5 Å². The van der Waals surface area contributed by atoms with Crippen molar-refractivity contribution in [2.24, 2.45) is 0 Å². The van der Waals surface area contributed by atoms with Crippen LogP contribution in [0.5, 0.6) is 0 Å². The van der Waals surface area contributed by atoms with Crippen molar-refractivity contribution in [3.05, 3.63) is 71.5 Å². The number of hydrogen-bond acceptors (Lipinski definition) is 4. The molecule has 0 radical (unpaired) electrons. The van der Waals surface area contributed by atoms with Crippen LogP contribution < -0.4 is 10.2 Å². The van der Waals surface area contributed by atoms with Crippen LogP contribution >= 0.6 is 0 Å². The Labute approximate surface area is 182 Å². The summed E-state index contributed by atoms with van der Waals surface area (Å²) >= 11 is 0. The highest BCUT2D eigenvalue weighted by Gasteiger charge is 2.25. The molecule has 0 saturated carbocycles. The van der Waals surface area contributed by atoms with Crippen molar-refractivity contribution in [2.45, 2.75) is 32.1 Å². The Bertz CT molecular complexity index is 1050. The summed E-state index contributed by atoms with van der Waals surface area (Å²) in [5.41, 5.74) is 5.70. The number of carbonyl (C=O) groups is 1. The van der Waals surface area contributed by atoms with E-state index in [2.05, 4.69) is 16.3 Å². The number of benzene rings is 2. The number of aromatic nitrogens is 2. The molecule has 1 saturated heterocycles. The second kappa shape index (κ2) is 8.94. The molecule has 1 aliphatic carbocycles. The zero-order valence-corrected chi connectivity index (χ0v) is 17.7. The number of carbonyl (C=O) groups excluding carboxylic acids is 1. The number of anilines is 2. The van der Waals surface area contributed by atoms with Crippen LogP contribution in [0.25, 0.3) is 5.69 Å². The number of morpholine rings is 1. The van der Waals surface area contributed by atoms with E-state index in [0.717, 1.165) is 61.4 Å². The summed E-state index contributed by atoms with van der Waals surface area (Å²) in [6.07, 6.45) is 5.26. The lowest BCUT2D eigenvalue weighted by Gasteiger charge is -2.30. The molecule has 6 heteroatoms. The van der Waals surface area contributed by atoms with Crippen molar-refractivity contribution in [1.29, 1.82) is 0 Å². The van der Waals surface area contributed by atoms with Gasteiger partial charge in [-0.25, -0.2) is 4.68 Å². The Kier molecular flexibility index (Phi) is 5.71. The summed E-state index contributed by atoms with van der Waals surface area (Å²) in [5, 5.41) is 7.98. The molecule has 31 heavy (non-hydrogen) atoms. The molecule has 2 aromatic carbocycles. The minimum absolute atomic E-state index is 0.131. The van der Waals surface area contributed by atoms with Crippen LogP contribution in [0.4, 0.5) is 11.4 Å². The standard InChI is InChI=1S/C25H28N4O2/c30-25(26-21-12-7-8-14-23(21)28-15-17-31-18-16-28)24-20-11-5-2-6-13-22(20)29(27-24)19-9-3-1-4-10-19/h1,3-4,7-10,12,14H,2,5-6,11,13,15-18H2,(H,26,30). The first-order chi connectivity index (χ1) is 15.3. The molecule has 1 N–H and O–H groups in total. The zero-order valence-electron chi connectivity index (χ0n) is 17.7. The molecule has 2 heterocycles. The van der Waals surface area contributed by atoms with Crippen LogP contribution in [-0.4, -0.2) is 42.0 Å². The van der Waals surface area contributed by atoms with Crippen molar-refractivity contribution in [3.63, 3.8) is 0 Å². The Morgan fingerprint density at radius 2 is 1.65 bits per heavy atom. The number of amides is 1. The Morgan fingerprint density at radius 1 is 0.903 bits per heavy atom. The number of nitrogens with zero attached hydrogens (tertiary/aromatic N) is 3. The first kappa shape index (κ1) is 19.8. The van der Waals surface area contributed by atoms with Crippen LogP contribution in [0.2, 0.25) is 0 Å². The lowest BCUT2D eigenvalue weighted by Crippen LogP contribution is -2.36. The lowest BCUT2D eigenvalue weighted by atomic mass is 10.1. The Morgan fingerprint density at radius 3 is 2.48 bits per heavy atom. The highest BCUT2D eigenvalue weighted by molar-refractivity contribution is 6.05. The quantitative estimate of drug-likeness (QED) is 0.647. The van der Waals surface area contributed by atoms with E-state index in [0.29, 0.717) is 18.9 Å². The smallest absolute Gasteiger partial charge is 0.276 e.